The van der Waals surface area contributed by atoms with Crippen LogP contribution in [0.25, 0.3) is 0 Å². The van der Waals surface area contributed by atoms with Crippen LogP contribution in [-0.4, -0.2) is 24.5 Å². The minimum absolute atomic E-state index is 0.421. The van der Waals surface area contributed by atoms with Crippen LogP contribution < -0.4 is 5.73 Å². The number of likely N-dealkylation sites (tertiary alicyclic amines) is 1. The molecule has 0 bridgehead atoms. The van der Waals surface area contributed by atoms with Gasteiger partial charge in [-0.05, 0) is 42.5 Å². The average molecular weight is 256 g/mol. The molecule has 0 amide bonds. The van der Waals surface area contributed by atoms with Crippen molar-refractivity contribution >= 4 is 0 Å². The topological polar surface area (TPSA) is 29.3 Å². The first-order chi connectivity index (χ1) is 9.09. The summed E-state index contributed by atoms with van der Waals surface area (Å²) in [6.07, 6.45) is 2.66. The third-order valence-electron chi connectivity index (χ3n) is 3.67. The second-order valence-electron chi connectivity index (χ2n) is 6.18. The van der Waals surface area contributed by atoms with Crippen molar-refractivity contribution in [3.8, 4) is 11.8 Å². The highest BCUT2D eigenvalue weighted by Gasteiger charge is 2.25. The highest BCUT2D eigenvalue weighted by atomic mass is 15.1. The lowest BCUT2D eigenvalue weighted by Crippen LogP contribution is -2.39. The first kappa shape index (κ1) is 14.1. The Hall–Kier alpha value is -1.30. The monoisotopic (exact) mass is 256 g/mol. The van der Waals surface area contributed by atoms with E-state index in [1.807, 2.05) is 0 Å². The Bertz CT molecular complexity index is 462. The molecule has 19 heavy (non-hydrogen) atoms. The zero-order valence-electron chi connectivity index (χ0n) is 12.1. The Balaban J connectivity index is 1.96. The Morgan fingerprint density at radius 2 is 2.00 bits per heavy atom. The van der Waals surface area contributed by atoms with Gasteiger partial charge in [0, 0.05) is 18.7 Å². The second-order valence-corrected chi connectivity index (χ2v) is 6.18. The molecule has 1 saturated heterocycles. The van der Waals surface area contributed by atoms with Crippen LogP contribution in [-0.2, 0) is 6.54 Å². The van der Waals surface area contributed by atoms with E-state index in [-0.39, 0.29) is 0 Å². The van der Waals surface area contributed by atoms with Gasteiger partial charge in [0.25, 0.3) is 0 Å². The van der Waals surface area contributed by atoms with Crippen LogP contribution in [0.15, 0.2) is 24.3 Å². The van der Waals surface area contributed by atoms with Crippen molar-refractivity contribution in [2.45, 2.75) is 33.2 Å². The predicted molar refractivity (Wildman–Crippen MR) is 80.7 cm³/mol. The van der Waals surface area contributed by atoms with Gasteiger partial charge in [-0.25, -0.2) is 0 Å². The lowest BCUT2D eigenvalue weighted by Gasteiger charge is -2.38. The quantitative estimate of drug-likeness (QED) is 0.824. The van der Waals surface area contributed by atoms with Gasteiger partial charge < -0.3 is 5.73 Å². The fraction of sp³-hybridized carbons (Fsp3) is 0.529. The number of rotatable bonds is 2. The van der Waals surface area contributed by atoms with Gasteiger partial charge in [-0.15, -0.1) is 0 Å². The number of hydrogen-bond donors (Lipinski definition) is 1. The van der Waals surface area contributed by atoms with Crippen LogP contribution in [0.4, 0.5) is 0 Å². The molecule has 1 aliphatic rings. The molecular weight excluding hydrogens is 232 g/mol. The summed E-state index contributed by atoms with van der Waals surface area (Å²) in [5.74, 6) is 5.94. The van der Waals surface area contributed by atoms with Crippen LogP contribution in [0.3, 0.4) is 0 Å². The molecule has 2 N–H and O–H groups in total. The standard InChI is InChI=1S/C17H24N2/c1-17(2)10-4-12-19(14-17)13-16-8-6-15(7-9-16)5-3-11-18/h6-9H,4,10-14,18H2,1-2H3. The molecule has 1 aromatic carbocycles. The van der Waals surface area contributed by atoms with Crippen LogP contribution in [0, 0.1) is 17.3 Å². The lowest BCUT2D eigenvalue weighted by atomic mass is 9.84. The average Bonchev–Trinajstić information content (AvgIpc) is 2.37. The smallest absolute Gasteiger partial charge is 0.0555 e. The van der Waals surface area contributed by atoms with E-state index in [0.717, 1.165) is 12.1 Å². The molecule has 0 unspecified atom stereocenters. The second kappa shape index (κ2) is 6.23. The Labute approximate surface area is 117 Å². The molecule has 102 valence electrons. The summed E-state index contributed by atoms with van der Waals surface area (Å²) in [5.41, 5.74) is 8.26. The highest BCUT2D eigenvalue weighted by molar-refractivity contribution is 5.36. The van der Waals surface area contributed by atoms with Gasteiger partial charge >= 0.3 is 0 Å². The van der Waals surface area contributed by atoms with Gasteiger partial charge in [0.2, 0.25) is 0 Å². The molecule has 0 atom stereocenters. The Kier molecular flexibility index (Phi) is 4.63. The maximum absolute atomic E-state index is 5.38. The normalized spacial score (nSPS) is 18.7. The van der Waals surface area contributed by atoms with E-state index < -0.39 is 0 Å². The molecule has 0 radical (unpaired) electrons. The van der Waals surface area contributed by atoms with Gasteiger partial charge in [0.15, 0.2) is 0 Å². The summed E-state index contributed by atoms with van der Waals surface area (Å²) in [6.45, 7) is 8.62. The molecule has 0 spiro atoms. The van der Waals surface area contributed by atoms with Crippen molar-refractivity contribution in [3.05, 3.63) is 35.4 Å². The summed E-state index contributed by atoms with van der Waals surface area (Å²) in [5, 5.41) is 0. The largest absolute Gasteiger partial charge is 0.320 e. The SMILES string of the molecule is CC1(C)CCCN(Cc2ccc(C#CCN)cc2)C1. The number of piperidine rings is 1. The van der Waals surface area contributed by atoms with Crippen molar-refractivity contribution in [1.82, 2.24) is 4.90 Å². The third kappa shape index (κ3) is 4.38. The minimum atomic E-state index is 0.421. The first-order valence-corrected chi connectivity index (χ1v) is 7.09. The number of nitrogens with zero attached hydrogens (tertiary/aromatic N) is 1. The van der Waals surface area contributed by atoms with E-state index in [0.29, 0.717) is 12.0 Å². The summed E-state index contributed by atoms with van der Waals surface area (Å²) in [4.78, 5) is 2.56. The Morgan fingerprint density at radius 3 is 2.63 bits per heavy atom. The molecule has 2 nitrogen and oxygen atoms in total. The van der Waals surface area contributed by atoms with Gasteiger partial charge in [0.1, 0.15) is 0 Å². The van der Waals surface area contributed by atoms with E-state index in [2.05, 4.69) is 54.9 Å². The van der Waals surface area contributed by atoms with Crippen LogP contribution >= 0.6 is 0 Å². The molecule has 1 heterocycles. The van der Waals surface area contributed by atoms with Gasteiger partial charge in [0.05, 0.1) is 6.54 Å². The molecule has 2 rings (SSSR count). The molecule has 0 aromatic heterocycles. The van der Waals surface area contributed by atoms with Gasteiger partial charge in [-0.3, -0.25) is 4.90 Å². The predicted octanol–water partition coefficient (Wildman–Crippen LogP) is 2.62. The van der Waals surface area contributed by atoms with E-state index in [1.165, 1.54) is 31.5 Å². The van der Waals surface area contributed by atoms with Crippen molar-refractivity contribution in [1.29, 1.82) is 0 Å². The lowest BCUT2D eigenvalue weighted by molar-refractivity contribution is 0.111. The van der Waals surface area contributed by atoms with Crippen molar-refractivity contribution in [2.75, 3.05) is 19.6 Å². The molecule has 0 aliphatic carbocycles. The van der Waals surface area contributed by atoms with Crippen molar-refractivity contribution < 1.29 is 0 Å². The molecule has 1 fully saturated rings. The third-order valence-corrected chi connectivity index (χ3v) is 3.67. The zero-order chi connectivity index (χ0) is 13.7. The number of hydrogen-bond acceptors (Lipinski definition) is 2. The molecule has 1 aliphatic heterocycles. The Morgan fingerprint density at radius 1 is 1.26 bits per heavy atom. The van der Waals surface area contributed by atoms with Crippen LogP contribution in [0.2, 0.25) is 0 Å². The fourth-order valence-corrected chi connectivity index (χ4v) is 2.78. The number of nitrogens with two attached hydrogens (primary N) is 1. The van der Waals surface area contributed by atoms with E-state index in [1.54, 1.807) is 0 Å². The molecule has 1 aromatic rings. The van der Waals surface area contributed by atoms with Crippen molar-refractivity contribution in [2.24, 2.45) is 11.1 Å². The first-order valence-electron chi connectivity index (χ1n) is 7.09. The molecule has 2 heteroatoms. The summed E-state index contributed by atoms with van der Waals surface area (Å²) < 4.78 is 0. The maximum atomic E-state index is 5.38. The van der Waals surface area contributed by atoms with Gasteiger partial charge in [-0.1, -0.05) is 37.8 Å². The minimum Gasteiger partial charge on any atom is -0.320 e. The summed E-state index contributed by atoms with van der Waals surface area (Å²) >= 11 is 0. The zero-order valence-corrected chi connectivity index (χ0v) is 12.1. The maximum Gasteiger partial charge on any atom is 0.0555 e. The van der Waals surface area contributed by atoms with E-state index in [4.69, 9.17) is 5.73 Å². The van der Waals surface area contributed by atoms with E-state index >= 15 is 0 Å². The van der Waals surface area contributed by atoms with Crippen LogP contribution in [0.5, 0.6) is 0 Å². The van der Waals surface area contributed by atoms with Gasteiger partial charge in [-0.2, -0.15) is 0 Å². The van der Waals surface area contributed by atoms with Crippen molar-refractivity contribution in [3.63, 3.8) is 0 Å². The summed E-state index contributed by atoms with van der Waals surface area (Å²) in [6, 6.07) is 8.55. The van der Waals surface area contributed by atoms with E-state index in [9.17, 15) is 0 Å². The molecule has 0 saturated carbocycles. The molecular formula is C17H24N2. The van der Waals surface area contributed by atoms with Crippen LogP contribution in [0.1, 0.15) is 37.8 Å². The fourth-order valence-electron chi connectivity index (χ4n) is 2.78. The highest BCUT2D eigenvalue weighted by Crippen LogP contribution is 2.29. The summed E-state index contributed by atoms with van der Waals surface area (Å²) in [7, 11) is 0. The number of benzene rings is 1.